The van der Waals surface area contributed by atoms with Gasteiger partial charge in [0.1, 0.15) is 23.7 Å². The Kier molecular flexibility index (Phi) is 4.76. The van der Waals surface area contributed by atoms with Gasteiger partial charge in [-0.2, -0.15) is 0 Å². The van der Waals surface area contributed by atoms with E-state index < -0.39 is 17.6 Å². The van der Waals surface area contributed by atoms with Gasteiger partial charge in [-0.15, -0.1) is 0 Å². The van der Waals surface area contributed by atoms with Gasteiger partial charge in [-0.25, -0.2) is 4.39 Å². The fourth-order valence-electron chi connectivity index (χ4n) is 2.38. The summed E-state index contributed by atoms with van der Waals surface area (Å²) in [5.74, 6) is -2.14. The summed E-state index contributed by atoms with van der Waals surface area (Å²) in [5, 5.41) is 2.76. The summed E-state index contributed by atoms with van der Waals surface area (Å²) in [6, 6.07) is 13.1. The monoisotopic (exact) mass is 342 g/mol. The number of carbonyl (C=O) groups is 2. The Morgan fingerprint density at radius 2 is 1.92 bits per heavy atom. The Balaban J connectivity index is 1.73. The van der Waals surface area contributed by atoms with Crippen LogP contribution in [-0.2, 0) is 16.1 Å². The Labute approximate surface area is 142 Å². The van der Waals surface area contributed by atoms with Gasteiger partial charge in [-0.1, -0.05) is 30.3 Å². The summed E-state index contributed by atoms with van der Waals surface area (Å²) in [5.41, 5.74) is 6.46. The predicted octanol–water partition coefficient (Wildman–Crippen LogP) is 2.83. The normalized spacial score (nSPS) is 10.8. The summed E-state index contributed by atoms with van der Waals surface area (Å²) < 4.78 is 24.1. The van der Waals surface area contributed by atoms with Gasteiger partial charge in [0, 0.05) is 5.39 Å². The van der Waals surface area contributed by atoms with Gasteiger partial charge in [-0.05, 0) is 23.8 Å². The summed E-state index contributed by atoms with van der Waals surface area (Å²) in [7, 11) is 0. The predicted molar refractivity (Wildman–Crippen MR) is 89.4 cm³/mol. The lowest BCUT2D eigenvalue weighted by Gasteiger charge is -2.06. The summed E-state index contributed by atoms with van der Waals surface area (Å²) >= 11 is 0. The summed E-state index contributed by atoms with van der Waals surface area (Å²) in [6.45, 7) is 0.0206. The van der Waals surface area contributed by atoms with Crippen LogP contribution in [0.15, 0.2) is 52.9 Å². The first-order valence-corrected chi connectivity index (χ1v) is 7.48. The number of ether oxygens (including phenoxy) is 1. The number of furan rings is 1. The van der Waals surface area contributed by atoms with Crippen molar-refractivity contribution in [3.8, 4) is 0 Å². The van der Waals surface area contributed by atoms with E-state index in [1.807, 2.05) is 30.3 Å². The second-order valence-corrected chi connectivity index (χ2v) is 5.34. The number of primary amides is 1. The van der Waals surface area contributed by atoms with E-state index in [0.717, 1.165) is 11.6 Å². The second-order valence-electron chi connectivity index (χ2n) is 5.34. The van der Waals surface area contributed by atoms with Crippen LogP contribution in [0.3, 0.4) is 0 Å². The van der Waals surface area contributed by atoms with Gasteiger partial charge < -0.3 is 20.2 Å². The Morgan fingerprint density at radius 3 is 2.64 bits per heavy atom. The highest BCUT2D eigenvalue weighted by Gasteiger charge is 2.20. The van der Waals surface area contributed by atoms with Crippen LogP contribution in [0.2, 0.25) is 0 Å². The highest BCUT2D eigenvalue weighted by Crippen LogP contribution is 2.31. The quantitative estimate of drug-likeness (QED) is 0.720. The smallest absolute Gasteiger partial charge is 0.286 e. The maximum Gasteiger partial charge on any atom is 0.286 e. The van der Waals surface area contributed by atoms with E-state index in [1.165, 1.54) is 12.1 Å². The van der Waals surface area contributed by atoms with Gasteiger partial charge in [0.15, 0.2) is 0 Å². The molecule has 0 fully saturated rings. The molecule has 0 aliphatic heterocycles. The van der Waals surface area contributed by atoms with Crippen molar-refractivity contribution in [2.45, 2.75) is 6.61 Å². The number of rotatable bonds is 6. The van der Waals surface area contributed by atoms with Crippen LogP contribution in [0, 0.1) is 5.82 Å². The number of fused-ring (bicyclic) bond motifs is 1. The van der Waals surface area contributed by atoms with Crippen molar-refractivity contribution in [3.05, 3.63) is 65.7 Å². The third kappa shape index (κ3) is 3.84. The number of carbonyl (C=O) groups excluding carboxylic acids is 2. The zero-order valence-corrected chi connectivity index (χ0v) is 13.1. The first-order chi connectivity index (χ1) is 12.0. The molecule has 7 heteroatoms. The van der Waals surface area contributed by atoms with E-state index in [2.05, 4.69) is 5.32 Å². The molecule has 0 spiro atoms. The highest BCUT2D eigenvalue weighted by molar-refractivity contribution is 6.10. The standard InChI is InChI=1S/C18H15FN2O4/c19-12-6-7-14-13(8-12)16(17(25-14)18(20)23)21-15(22)10-24-9-11-4-2-1-3-5-11/h1-8H,9-10H2,(H2,20,23)(H,21,22). The molecule has 2 aromatic carbocycles. The lowest BCUT2D eigenvalue weighted by molar-refractivity contribution is -0.121. The molecule has 0 aliphatic rings. The van der Waals surface area contributed by atoms with Gasteiger partial charge >= 0.3 is 0 Å². The maximum atomic E-state index is 13.5. The van der Waals surface area contributed by atoms with E-state index >= 15 is 0 Å². The number of hydrogen-bond donors (Lipinski definition) is 2. The van der Waals surface area contributed by atoms with Gasteiger partial charge in [-0.3, -0.25) is 9.59 Å². The fourth-order valence-corrected chi connectivity index (χ4v) is 2.38. The van der Waals surface area contributed by atoms with Crippen molar-refractivity contribution in [1.82, 2.24) is 0 Å². The molecule has 3 rings (SSSR count). The zero-order valence-electron chi connectivity index (χ0n) is 13.1. The number of benzene rings is 2. The van der Waals surface area contributed by atoms with E-state index in [4.69, 9.17) is 14.9 Å². The van der Waals surface area contributed by atoms with Crippen LogP contribution in [0.5, 0.6) is 0 Å². The Bertz CT molecular complexity index is 921. The van der Waals surface area contributed by atoms with Crippen molar-refractivity contribution in [3.63, 3.8) is 0 Å². The molecule has 3 N–H and O–H groups in total. The van der Waals surface area contributed by atoms with Crippen LogP contribution in [0.1, 0.15) is 16.1 Å². The molecule has 128 valence electrons. The molecular formula is C18H15FN2O4. The number of nitrogens with one attached hydrogen (secondary N) is 1. The zero-order chi connectivity index (χ0) is 17.8. The molecule has 3 aromatic rings. The maximum absolute atomic E-state index is 13.5. The fraction of sp³-hybridized carbons (Fsp3) is 0.111. The molecule has 2 amide bonds. The molecule has 0 unspecified atom stereocenters. The van der Waals surface area contributed by atoms with Crippen LogP contribution in [0.4, 0.5) is 10.1 Å². The number of nitrogens with two attached hydrogens (primary N) is 1. The lowest BCUT2D eigenvalue weighted by atomic mass is 10.2. The van der Waals surface area contributed by atoms with E-state index in [-0.39, 0.29) is 35.6 Å². The van der Waals surface area contributed by atoms with Crippen LogP contribution < -0.4 is 11.1 Å². The van der Waals surface area contributed by atoms with Crippen molar-refractivity contribution < 1.29 is 23.1 Å². The molecule has 0 bridgehead atoms. The second kappa shape index (κ2) is 7.14. The molecule has 0 saturated heterocycles. The minimum Gasteiger partial charge on any atom is -0.449 e. The first kappa shape index (κ1) is 16.7. The molecular weight excluding hydrogens is 327 g/mol. The average Bonchev–Trinajstić information content (AvgIpc) is 2.94. The number of halogens is 1. The average molecular weight is 342 g/mol. The SMILES string of the molecule is NC(=O)c1oc2ccc(F)cc2c1NC(=O)COCc1ccccc1. The number of hydrogen-bond acceptors (Lipinski definition) is 4. The van der Waals surface area contributed by atoms with Crippen molar-refractivity contribution >= 4 is 28.5 Å². The number of anilines is 1. The third-order valence-electron chi connectivity index (χ3n) is 3.48. The van der Waals surface area contributed by atoms with Crippen molar-refractivity contribution in [2.75, 3.05) is 11.9 Å². The molecule has 0 saturated carbocycles. The van der Waals surface area contributed by atoms with E-state index in [9.17, 15) is 14.0 Å². The molecule has 0 aliphatic carbocycles. The van der Waals surface area contributed by atoms with Gasteiger partial charge in [0.2, 0.25) is 5.76 Å². The minimum absolute atomic E-state index is 0.0373. The van der Waals surface area contributed by atoms with Crippen LogP contribution in [0.25, 0.3) is 11.0 Å². The molecule has 6 nitrogen and oxygen atoms in total. The van der Waals surface area contributed by atoms with Crippen molar-refractivity contribution in [2.24, 2.45) is 5.73 Å². The first-order valence-electron chi connectivity index (χ1n) is 7.48. The highest BCUT2D eigenvalue weighted by atomic mass is 19.1. The van der Waals surface area contributed by atoms with Crippen LogP contribution in [-0.4, -0.2) is 18.4 Å². The van der Waals surface area contributed by atoms with Gasteiger partial charge in [0.25, 0.3) is 11.8 Å². The lowest BCUT2D eigenvalue weighted by Crippen LogP contribution is -2.20. The Hall–Kier alpha value is -3.19. The van der Waals surface area contributed by atoms with Gasteiger partial charge in [0.05, 0.1) is 6.61 Å². The molecule has 1 heterocycles. The molecule has 25 heavy (non-hydrogen) atoms. The molecule has 0 radical (unpaired) electrons. The van der Waals surface area contributed by atoms with E-state index in [1.54, 1.807) is 0 Å². The summed E-state index contributed by atoms with van der Waals surface area (Å²) in [6.07, 6.45) is 0. The van der Waals surface area contributed by atoms with Crippen LogP contribution >= 0.6 is 0 Å². The molecule has 0 atom stereocenters. The largest absolute Gasteiger partial charge is 0.449 e. The summed E-state index contributed by atoms with van der Waals surface area (Å²) in [4.78, 5) is 23.6. The topological polar surface area (TPSA) is 94.6 Å². The van der Waals surface area contributed by atoms with Crippen molar-refractivity contribution in [1.29, 1.82) is 0 Å². The number of amides is 2. The minimum atomic E-state index is -0.864. The third-order valence-corrected chi connectivity index (χ3v) is 3.48. The molecule has 1 aromatic heterocycles. The van der Waals surface area contributed by atoms with E-state index in [0.29, 0.717) is 0 Å². The Morgan fingerprint density at radius 1 is 1.16 bits per heavy atom.